The highest BCUT2D eigenvalue weighted by Gasteiger charge is 2.21. The molecular formula is C21H22N2O5. The van der Waals surface area contributed by atoms with Gasteiger partial charge in [0.1, 0.15) is 5.71 Å². The summed E-state index contributed by atoms with van der Waals surface area (Å²) in [5.74, 6) is 0.867. The second kappa shape index (κ2) is 8.04. The van der Waals surface area contributed by atoms with Crippen molar-refractivity contribution >= 4 is 22.6 Å². The Kier molecular flexibility index (Phi) is 5.54. The van der Waals surface area contributed by atoms with E-state index in [0.717, 1.165) is 16.5 Å². The third-order valence-corrected chi connectivity index (χ3v) is 4.38. The van der Waals surface area contributed by atoms with Crippen molar-refractivity contribution < 1.29 is 23.8 Å². The number of hydrogen-bond donors (Lipinski definition) is 0. The molecule has 1 heterocycles. The molecule has 0 saturated carbocycles. The maximum atomic E-state index is 11.4. The first kappa shape index (κ1) is 19.3. The molecule has 0 fully saturated rings. The standard InChI is InChI=1S/C21H22N2O5/c1-13(24)28-22-19(15-6-8-17-14(12-15)10-11-23(17)2)16-7-9-18(25-3)21(27-5)20(16)26-4/h6-12H,1-5H3/b22-19-. The van der Waals surface area contributed by atoms with Crippen LogP contribution in [0, 0.1) is 0 Å². The Morgan fingerprint density at radius 3 is 2.36 bits per heavy atom. The van der Waals surface area contributed by atoms with Crippen LogP contribution in [0.2, 0.25) is 0 Å². The number of oxime groups is 1. The fourth-order valence-electron chi connectivity index (χ4n) is 3.08. The monoisotopic (exact) mass is 382 g/mol. The van der Waals surface area contributed by atoms with Gasteiger partial charge in [-0.2, -0.15) is 0 Å². The van der Waals surface area contributed by atoms with Crippen molar-refractivity contribution in [1.29, 1.82) is 0 Å². The predicted octanol–water partition coefficient (Wildman–Crippen LogP) is 3.52. The summed E-state index contributed by atoms with van der Waals surface area (Å²) in [7, 11) is 6.59. The van der Waals surface area contributed by atoms with Crippen LogP contribution < -0.4 is 14.2 Å². The van der Waals surface area contributed by atoms with Crippen LogP contribution >= 0.6 is 0 Å². The lowest BCUT2D eigenvalue weighted by molar-refractivity contribution is -0.140. The third kappa shape index (κ3) is 3.51. The van der Waals surface area contributed by atoms with E-state index in [1.165, 1.54) is 21.1 Å². The van der Waals surface area contributed by atoms with Crippen molar-refractivity contribution in [2.45, 2.75) is 6.92 Å². The first-order valence-corrected chi connectivity index (χ1v) is 8.60. The van der Waals surface area contributed by atoms with Gasteiger partial charge in [0.25, 0.3) is 0 Å². The molecule has 0 radical (unpaired) electrons. The van der Waals surface area contributed by atoms with E-state index >= 15 is 0 Å². The van der Waals surface area contributed by atoms with Crippen LogP contribution in [0.3, 0.4) is 0 Å². The smallest absolute Gasteiger partial charge is 0.332 e. The lowest BCUT2D eigenvalue weighted by Crippen LogP contribution is -2.09. The van der Waals surface area contributed by atoms with Gasteiger partial charge in [-0.15, -0.1) is 0 Å². The highest BCUT2D eigenvalue weighted by atomic mass is 16.7. The average Bonchev–Trinajstić information content (AvgIpc) is 3.07. The van der Waals surface area contributed by atoms with E-state index in [-0.39, 0.29) is 0 Å². The van der Waals surface area contributed by atoms with Crippen molar-refractivity contribution in [1.82, 2.24) is 4.57 Å². The quantitative estimate of drug-likeness (QED) is 0.371. The zero-order chi connectivity index (χ0) is 20.3. The van der Waals surface area contributed by atoms with Crippen molar-refractivity contribution in [2.24, 2.45) is 12.2 Å². The molecule has 0 atom stereocenters. The molecule has 0 spiro atoms. The molecule has 0 saturated heterocycles. The molecule has 0 amide bonds. The Hall–Kier alpha value is -3.48. The van der Waals surface area contributed by atoms with Gasteiger partial charge in [0.05, 0.1) is 26.9 Å². The van der Waals surface area contributed by atoms with Crippen LogP contribution in [0.4, 0.5) is 0 Å². The Bertz CT molecular complexity index is 1050. The van der Waals surface area contributed by atoms with Gasteiger partial charge in [0, 0.05) is 36.6 Å². The van der Waals surface area contributed by atoms with Gasteiger partial charge in [0.2, 0.25) is 5.75 Å². The highest BCUT2D eigenvalue weighted by Crippen LogP contribution is 2.40. The summed E-state index contributed by atoms with van der Waals surface area (Å²) in [6.45, 7) is 1.30. The van der Waals surface area contributed by atoms with Crippen molar-refractivity contribution in [3.63, 3.8) is 0 Å². The molecule has 7 heteroatoms. The molecule has 2 aromatic carbocycles. The Morgan fingerprint density at radius 1 is 0.964 bits per heavy atom. The van der Waals surface area contributed by atoms with E-state index in [0.29, 0.717) is 28.5 Å². The average molecular weight is 382 g/mol. The first-order chi connectivity index (χ1) is 13.5. The molecule has 3 aromatic rings. The number of methoxy groups -OCH3 is 3. The summed E-state index contributed by atoms with van der Waals surface area (Å²) in [4.78, 5) is 16.4. The van der Waals surface area contributed by atoms with Gasteiger partial charge in [-0.3, -0.25) is 0 Å². The van der Waals surface area contributed by atoms with E-state index in [2.05, 4.69) is 5.16 Å². The topological polar surface area (TPSA) is 71.3 Å². The van der Waals surface area contributed by atoms with E-state index < -0.39 is 5.97 Å². The highest BCUT2D eigenvalue weighted by molar-refractivity contribution is 6.16. The molecule has 0 bridgehead atoms. The van der Waals surface area contributed by atoms with Crippen LogP contribution in [-0.2, 0) is 16.7 Å². The molecule has 0 aliphatic heterocycles. The molecule has 3 rings (SSSR count). The minimum absolute atomic E-state index is 0.429. The molecule has 146 valence electrons. The fraction of sp³-hybridized carbons (Fsp3) is 0.238. The molecule has 0 aliphatic carbocycles. The van der Waals surface area contributed by atoms with Crippen molar-refractivity contribution in [3.05, 3.63) is 53.7 Å². The second-order valence-electron chi connectivity index (χ2n) is 6.10. The fourth-order valence-corrected chi connectivity index (χ4v) is 3.08. The largest absolute Gasteiger partial charge is 0.493 e. The van der Waals surface area contributed by atoms with E-state index in [1.807, 2.05) is 42.1 Å². The number of ether oxygens (including phenoxy) is 3. The van der Waals surface area contributed by atoms with Gasteiger partial charge in [-0.05, 0) is 30.3 Å². The second-order valence-corrected chi connectivity index (χ2v) is 6.10. The number of carbonyl (C=O) groups is 1. The lowest BCUT2D eigenvalue weighted by Gasteiger charge is -2.17. The number of hydrogen-bond acceptors (Lipinski definition) is 6. The van der Waals surface area contributed by atoms with Gasteiger partial charge >= 0.3 is 5.97 Å². The number of fused-ring (bicyclic) bond motifs is 1. The number of aryl methyl sites for hydroxylation is 1. The molecule has 0 unspecified atom stereocenters. The number of carbonyl (C=O) groups excluding carboxylic acids is 1. The van der Waals surface area contributed by atoms with Gasteiger partial charge in [0.15, 0.2) is 11.5 Å². The maximum absolute atomic E-state index is 11.4. The normalized spacial score (nSPS) is 11.4. The summed E-state index contributed by atoms with van der Waals surface area (Å²) in [6.07, 6.45) is 1.98. The number of aromatic nitrogens is 1. The van der Waals surface area contributed by atoms with Gasteiger partial charge in [-0.25, -0.2) is 4.79 Å². The third-order valence-electron chi connectivity index (χ3n) is 4.38. The Labute approximate surface area is 163 Å². The Balaban J connectivity index is 2.23. The van der Waals surface area contributed by atoms with E-state index in [9.17, 15) is 4.79 Å². The molecule has 0 aliphatic rings. The summed E-state index contributed by atoms with van der Waals surface area (Å²) in [5.41, 5.74) is 2.90. The van der Waals surface area contributed by atoms with Crippen molar-refractivity contribution in [2.75, 3.05) is 21.3 Å². The minimum Gasteiger partial charge on any atom is -0.493 e. The number of nitrogens with zero attached hydrogens (tertiary/aromatic N) is 2. The zero-order valence-corrected chi connectivity index (χ0v) is 16.5. The summed E-state index contributed by atoms with van der Waals surface area (Å²) >= 11 is 0. The predicted molar refractivity (Wildman–Crippen MR) is 106 cm³/mol. The van der Waals surface area contributed by atoms with E-state index in [1.54, 1.807) is 19.2 Å². The van der Waals surface area contributed by atoms with Crippen molar-refractivity contribution in [3.8, 4) is 17.2 Å². The van der Waals surface area contributed by atoms with Crippen LogP contribution in [-0.4, -0.2) is 37.6 Å². The molecule has 7 nitrogen and oxygen atoms in total. The number of rotatable bonds is 6. The summed E-state index contributed by atoms with van der Waals surface area (Å²) < 4.78 is 18.4. The van der Waals surface area contributed by atoms with Gasteiger partial charge in [-0.1, -0.05) is 11.2 Å². The zero-order valence-electron chi connectivity index (χ0n) is 16.5. The van der Waals surface area contributed by atoms with Crippen LogP contribution in [0.15, 0.2) is 47.8 Å². The van der Waals surface area contributed by atoms with Crippen LogP contribution in [0.5, 0.6) is 17.2 Å². The minimum atomic E-state index is -0.516. The first-order valence-electron chi connectivity index (χ1n) is 8.60. The summed E-state index contributed by atoms with van der Waals surface area (Å²) in [6, 6.07) is 11.4. The molecule has 28 heavy (non-hydrogen) atoms. The molecule has 0 N–H and O–H groups in total. The molecule has 1 aromatic heterocycles. The lowest BCUT2D eigenvalue weighted by atomic mass is 9.99. The SMILES string of the molecule is COc1ccc(/C(=N\OC(C)=O)c2ccc3c(ccn3C)c2)c(OC)c1OC. The van der Waals surface area contributed by atoms with Gasteiger partial charge < -0.3 is 23.6 Å². The number of benzene rings is 2. The van der Waals surface area contributed by atoms with E-state index in [4.69, 9.17) is 19.0 Å². The molecular weight excluding hydrogens is 360 g/mol. The maximum Gasteiger partial charge on any atom is 0.332 e. The van der Waals surface area contributed by atoms with Crippen LogP contribution in [0.25, 0.3) is 10.9 Å². The van der Waals surface area contributed by atoms with Crippen LogP contribution in [0.1, 0.15) is 18.1 Å². The Morgan fingerprint density at radius 2 is 1.71 bits per heavy atom. The summed E-state index contributed by atoms with van der Waals surface area (Å²) in [5, 5.41) is 5.14.